The van der Waals surface area contributed by atoms with Gasteiger partial charge < -0.3 is 19.8 Å². The van der Waals surface area contributed by atoms with Gasteiger partial charge in [-0.2, -0.15) is 0 Å². The Bertz CT molecular complexity index is 1350. The first-order valence-corrected chi connectivity index (χ1v) is 14.9. The van der Waals surface area contributed by atoms with E-state index >= 15 is 0 Å². The van der Waals surface area contributed by atoms with E-state index < -0.39 is 29.8 Å². The van der Waals surface area contributed by atoms with E-state index in [1.807, 2.05) is 18.2 Å². The van der Waals surface area contributed by atoms with Gasteiger partial charge in [-0.1, -0.05) is 43.0 Å². The van der Waals surface area contributed by atoms with E-state index in [0.717, 1.165) is 37.5 Å². The minimum atomic E-state index is -1.43. The number of oxime groups is 1. The Morgan fingerprint density at radius 3 is 2.33 bits per heavy atom. The van der Waals surface area contributed by atoms with Gasteiger partial charge in [0.2, 0.25) is 5.71 Å². The van der Waals surface area contributed by atoms with Crippen molar-refractivity contribution >= 4 is 28.6 Å². The predicted molar refractivity (Wildman–Crippen MR) is 150 cm³/mol. The molecule has 4 fully saturated rings. The molecule has 4 bridgehead atoms. The van der Waals surface area contributed by atoms with Crippen LogP contribution in [-0.2, 0) is 14.4 Å². The van der Waals surface area contributed by atoms with Crippen LogP contribution in [0.4, 0.5) is 0 Å². The number of nitrogens with one attached hydrogen (secondary N) is 1. The lowest BCUT2D eigenvalue weighted by atomic mass is 9.68. The lowest BCUT2D eigenvalue weighted by Crippen LogP contribution is -2.58. The van der Waals surface area contributed by atoms with Gasteiger partial charge in [0.25, 0.3) is 11.5 Å². The zero-order valence-electron chi connectivity index (χ0n) is 23.1. The number of hydrogen-bond acceptors (Lipinski definition) is 7. The standard InChI is InChI=1S/C30H39N5O5/c1-31-26(36)17-40-33-28(30(38)39)27-29(37)35(25-11-3-2-10-24(25)32-27)23-15-20-8-5-9-21(16-23)34(20)22-13-18-6-4-7-19(12-18)14-22/h2-3,10-11,18-23H,4-9,12-17H2,1H3,(H,31,36)(H,38,39)/b33-28-/t18-,19+,20-,21+,22+,23+. The molecule has 214 valence electrons. The molecule has 2 saturated carbocycles. The number of nitrogens with zero attached hydrogens (tertiary/aromatic N) is 4. The predicted octanol–water partition coefficient (Wildman–Crippen LogP) is 3.47. The third-order valence-corrected chi connectivity index (χ3v) is 9.75. The molecule has 10 nitrogen and oxygen atoms in total. The molecule has 1 aromatic heterocycles. The second-order valence-electron chi connectivity index (χ2n) is 12.2. The number of carbonyl (C=O) groups excluding carboxylic acids is 1. The molecule has 6 atom stereocenters. The smallest absolute Gasteiger partial charge is 0.360 e. The van der Waals surface area contributed by atoms with E-state index in [0.29, 0.717) is 29.2 Å². The van der Waals surface area contributed by atoms with Crippen LogP contribution in [0.1, 0.15) is 82.4 Å². The lowest BCUT2D eigenvalue weighted by molar-refractivity contribution is -0.130. The highest BCUT2D eigenvalue weighted by Gasteiger charge is 2.45. The van der Waals surface area contributed by atoms with Crippen molar-refractivity contribution in [3.05, 3.63) is 40.3 Å². The van der Waals surface area contributed by atoms with Crippen LogP contribution in [0.15, 0.2) is 34.2 Å². The number of hydrogen-bond donors (Lipinski definition) is 2. The van der Waals surface area contributed by atoms with Gasteiger partial charge in [-0.25, -0.2) is 9.78 Å². The quantitative estimate of drug-likeness (QED) is 0.400. The fourth-order valence-electron chi connectivity index (χ4n) is 8.22. The molecule has 2 saturated heterocycles. The van der Waals surface area contributed by atoms with Crippen molar-refractivity contribution in [3.8, 4) is 0 Å². The van der Waals surface area contributed by atoms with Gasteiger partial charge >= 0.3 is 5.97 Å². The molecule has 2 N–H and O–H groups in total. The molecule has 0 spiro atoms. The minimum Gasteiger partial charge on any atom is -0.476 e. The zero-order chi connectivity index (χ0) is 27.8. The lowest BCUT2D eigenvalue weighted by Gasteiger charge is -2.55. The Morgan fingerprint density at radius 1 is 0.975 bits per heavy atom. The second kappa shape index (κ2) is 11.3. The van der Waals surface area contributed by atoms with Crippen molar-refractivity contribution in [3.63, 3.8) is 0 Å². The van der Waals surface area contributed by atoms with Crippen molar-refractivity contribution < 1.29 is 19.5 Å². The summed E-state index contributed by atoms with van der Waals surface area (Å²) >= 11 is 0. The summed E-state index contributed by atoms with van der Waals surface area (Å²) < 4.78 is 1.77. The van der Waals surface area contributed by atoms with Crippen LogP contribution in [-0.4, -0.2) is 68.9 Å². The summed E-state index contributed by atoms with van der Waals surface area (Å²) in [5.74, 6) is -0.163. The molecule has 4 aliphatic rings. The molecule has 6 rings (SSSR count). The number of fused-ring (bicyclic) bond motifs is 5. The molecule has 0 unspecified atom stereocenters. The molecule has 2 aromatic rings. The number of benzene rings is 1. The van der Waals surface area contributed by atoms with Crippen LogP contribution in [0.5, 0.6) is 0 Å². The van der Waals surface area contributed by atoms with Crippen molar-refractivity contribution in [2.45, 2.75) is 94.8 Å². The Morgan fingerprint density at radius 2 is 1.65 bits per heavy atom. The van der Waals surface area contributed by atoms with Crippen molar-refractivity contribution in [1.29, 1.82) is 0 Å². The summed E-state index contributed by atoms with van der Waals surface area (Å²) in [6.45, 7) is -0.459. The fraction of sp³-hybridized carbons (Fsp3) is 0.633. The van der Waals surface area contributed by atoms with E-state index in [2.05, 4.69) is 20.4 Å². The molecule has 3 heterocycles. The molecule has 1 aromatic carbocycles. The number of aliphatic carboxylic acids is 1. The monoisotopic (exact) mass is 549 g/mol. The maximum absolute atomic E-state index is 14.0. The maximum atomic E-state index is 14.0. The number of carboxylic acids is 1. The van der Waals surface area contributed by atoms with Crippen LogP contribution < -0.4 is 10.9 Å². The van der Waals surface area contributed by atoms with Crippen molar-refractivity contribution in [2.75, 3.05) is 13.7 Å². The van der Waals surface area contributed by atoms with Crippen LogP contribution in [0.2, 0.25) is 0 Å². The average Bonchev–Trinajstić information content (AvgIpc) is 2.94. The largest absolute Gasteiger partial charge is 0.476 e. The first-order chi connectivity index (χ1) is 19.4. The summed E-state index contributed by atoms with van der Waals surface area (Å²) in [5, 5.41) is 16.0. The topological polar surface area (TPSA) is 126 Å². The van der Waals surface area contributed by atoms with E-state index in [1.54, 1.807) is 10.6 Å². The number of aromatic nitrogens is 2. The van der Waals surface area contributed by atoms with Crippen molar-refractivity contribution in [1.82, 2.24) is 19.8 Å². The highest BCUT2D eigenvalue weighted by Crippen LogP contribution is 2.47. The second-order valence-corrected chi connectivity index (χ2v) is 12.2. The summed E-state index contributed by atoms with van der Waals surface area (Å²) in [7, 11) is 1.44. The number of piperidine rings is 2. The SMILES string of the molecule is CNC(=O)CO/N=C(\C(=O)O)c1nc2ccccc2n([C@H]2C[C@H]3CCC[C@@H](C2)N3[C@H]2C[C@@H]3CCC[C@@H](C3)C2)c1=O. The first-order valence-electron chi connectivity index (χ1n) is 14.9. The highest BCUT2D eigenvalue weighted by molar-refractivity contribution is 6.41. The summed E-state index contributed by atoms with van der Waals surface area (Å²) in [5.41, 5.74) is -0.108. The normalized spacial score (nSPS) is 30.6. The van der Waals surface area contributed by atoms with Gasteiger partial charge in [0, 0.05) is 31.2 Å². The number of para-hydroxylation sites is 2. The third-order valence-electron chi connectivity index (χ3n) is 9.75. The van der Waals surface area contributed by atoms with Crippen LogP contribution in [0.3, 0.4) is 0 Å². The van der Waals surface area contributed by atoms with E-state index in [-0.39, 0.29) is 11.7 Å². The minimum absolute atomic E-state index is 0.0596. The number of carbonyl (C=O) groups is 2. The van der Waals surface area contributed by atoms with Crippen LogP contribution in [0, 0.1) is 11.8 Å². The Balaban J connectivity index is 1.34. The van der Waals surface area contributed by atoms with Crippen LogP contribution >= 0.6 is 0 Å². The fourth-order valence-corrected chi connectivity index (χ4v) is 8.22. The molecular weight excluding hydrogens is 510 g/mol. The summed E-state index contributed by atoms with van der Waals surface area (Å²) in [6.07, 6.45) is 13.4. The molecule has 0 radical (unpaired) electrons. The molecule has 2 aliphatic heterocycles. The molecule has 2 aliphatic carbocycles. The van der Waals surface area contributed by atoms with Gasteiger partial charge in [0.05, 0.1) is 11.0 Å². The number of rotatable bonds is 7. The number of likely N-dealkylation sites (N-methyl/N-ethyl adjacent to an activating group) is 1. The Hall–Kier alpha value is -3.27. The highest BCUT2D eigenvalue weighted by atomic mass is 16.6. The molecular formula is C30H39N5O5. The zero-order valence-corrected chi connectivity index (χ0v) is 23.1. The number of amides is 1. The molecule has 10 heteroatoms. The molecule has 40 heavy (non-hydrogen) atoms. The average molecular weight is 550 g/mol. The van der Waals surface area contributed by atoms with Crippen molar-refractivity contribution in [2.24, 2.45) is 17.0 Å². The third kappa shape index (κ3) is 5.13. The van der Waals surface area contributed by atoms with Gasteiger partial charge in [-0.05, 0) is 68.9 Å². The Labute approximate surface area is 233 Å². The summed E-state index contributed by atoms with van der Waals surface area (Å²) in [4.78, 5) is 50.0. The van der Waals surface area contributed by atoms with Gasteiger partial charge in [0.15, 0.2) is 12.3 Å². The van der Waals surface area contributed by atoms with E-state index in [9.17, 15) is 19.5 Å². The first kappa shape index (κ1) is 26.9. The number of carboxylic acid groups (broad SMARTS) is 1. The van der Waals surface area contributed by atoms with E-state index in [4.69, 9.17) is 4.84 Å². The van der Waals surface area contributed by atoms with Gasteiger partial charge in [-0.3, -0.25) is 14.5 Å². The van der Waals surface area contributed by atoms with E-state index in [1.165, 1.54) is 52.0 Å². The van der Waals surface area contributed by atoms with Gasteiger partial charge in [-0.15, -0.1) is 0 Å². The maximum Gasteiger partial charge on any atom is 0.360 e. The van der Waals surface area contributed by atoms with Crippen LogP contribution in [0.25, 0.3) is 11.0 Å². The Kier molecular flexibility index (Phi) is 7.61. The molecule has 1 amide bonds. The summed E-state index contributed by atoms with van der Waals surface area (Å²) in [6, 6.07) is 8.81. The van der Waals surface area contributed by atoms with Gasteiger partial charge in [0.1, 0.15) is 0 Å².